The van der Waals surface area contributed by atoms with Crippen LogP contribution in [0.4, 0.5) is 4.39 Å². The first-order valence-electron chi connectivity index (χ1n) is 9.34. The topological polar surface area (TPSA) is 49.4 Å². The number of nitrogens with zero attached hydrogens (tertiary/aromatic N) is 1. The second-order valence-corrected chi connectivity index (χ2v) is 7.62. The van der Waals surface area contributed by atoms with Gasteiger partial charge in [-0.05, 0) is 30.5 Å². The van der Waals surface area contributed by atoms with Gasteiger partial charge in [-0.3, -0.25) is 9.59 Å². The van der Waals surface area contributed by atoms with Crippen LogP contribution in [0.3, 0.4) is 0 Å². The SMILES string of the molecule is CC[C@@H](C(=O)NC)N(Cc1ccc(C)cc1)C(=O)CSCc1ccccc1F. The second kappa shape index (κ2) is 10.9. The summed E-state index contributed by atoms with van der Waals surface area (Å²) in [5.74, 6) is 0.0246. The summed E-state index contributed by atoms with van der Waals surface area (Å²) in [5, 5.41) is 2.65. The molecule has 1 N–H and O–H groups in total. The largest absolute Gasteiger partial charge is 0.357 e. The molecule has 1 atom stereocenters. The zero-order valence-corrected chi connectivity index (χ0v) is 17.4. The van der Waals surface area contributed by atoms with Gasteiger partial charge in [-0.1, -0.05) is 55.0 Å². The molecule has 150 valence electrons. The van der Waals surface area contributed by atoms with Crippen LogP contribution in [0.1, 0.15) is 30.0 Å². The summed E-state index contributed by atoms with van der Waals surface area (Å²) in [7, 11) is 1.58. The molecule has 0 aliphatic heterocycles. The van der Waals surface area contributed by atoms with Crippen molar-refractivity contribution in [2.75, 3.05) is 12.8 Å². The minimum absolute atomic E-state index is 0.127. The first kappa shape index (κ1) is 22.0. The Hall–Kier alpha value is -2.34. The minimum Gasteiger partial charge on any atom is -0.357 e. The number of nitrogens with one attached hydrogen (secondary N) is 1. The lowest BCUT2D eigenvalue weighted by molar-refractivity contribution is -0.139. The van der Waals surface area contributed by atoms with E-state index in [9.17, 15) is 14.0 Å². The second-order valence-electron chi connectivity index (χ2n) is 6.63. The van der Waals surface area contributed by atoms with Gasteiger partial charge in [0.15, 0.2) is 0 Å². The summed E-state index contributed by atoms with van der Waals surface area (Å²) >= 11 is 1.35. The zero-order valence-electron chi connectivity index (χ0n) is 16.6. The monoisotopic (exact) mass is 402 g/mol. The molecule has 2 aromatic carbocycles. The lowest BCUT2D eigenvalue weighted by Crippen LogP contribution is -2.48. The van der Waals surface area contributed by atoms with Crippen LogP contribution in [0.25, 0.3) is 0 Å². The molecule has 2 aromatic rings. The van der Waals surface area contributed by atoms with Crippen molar-refractivity contribution >= 4 is 23.6 Å². The van der Waals surface area contributed by atoms with Gasteiger partial charge >= 0.3 is 0 Å². The van der Waals surface area contributed by atoms with E-state index >= 15 is 0 Å². The molecule has 0 aromatic heterocycles. The summed E-state index contributed by atoms with van der Waals surface area (Å²) in [5.41, 5.74) is 2.68. The number of hydrogen-bond donors (Lipinski definition) is 1. The Morgan fingerprint density at radius 3 is 2.43 bits per heavy atom. The Morgan fingerprint density at radius 1 is 1.14 bits per heavy atom. The molecule has 28 heavy (non-hydrogen) atoms. The Balaban J connectivity index is 2.10. The average Bonchev–Trinajstić information content (AvgIpc) is 2.70. The van der Waals surface area contributed by atoms with Crippen LogP contribution >= 0.6 is 11.8 Å². The maximum Gasteiger partial charge on any atom is 0.242 e. The third kappa shape index (κ3) is 6.09. The molecule has 2 rings (SSSR count). The number of benzene rings is 2. The quantitative estimate of drug-likeness (QED) is 0.692. The molecule has 0 spiro atoms. The maximum atomic E-state index is 13.8. The number of likely N-dealkylation sites (N-methyl/N-ethyl adjacent to an activating group) is 1. The third-order valence-corrected chi connectivity index (χ3v) is 5.51. The molecule has 0 aliphatic carbocycles. The fourth-order valence-electron chi connectivity index (χ4n) is 2.92. The Kier molecular flexibility index (Phi) is 8.51. The highest BCUT2D eigenvalue weighted by Crippen LogP contribution is 2.19. The number of halogens is 1. The Labute approximate surface area is 170 Å². The molecular weight excluding hydrogens is 375 g/mol. The van der Waals surface area contributed by atoms with Crippen molar-refractivity contribution in [3.63, 3.8) is 0 Å². The van der Waals surface area contributed by atoms with Crippen molar-refractivity contribution in [3.8, 4) is 0 Å². The molecule has 0 radical (unpaired) electrons. The van der Waals surface area contributed by atoms with E-state index in [1.54, 1.807) is 30.1 Å². The molecule has 0 bridgehead atoms. The average molecular weight is 403 g/mol. The van der Waals surface area contributed by atoms with Crippen molar-refractivity contribution in [2.45, 2.75) is 38.6 Å². The number of aryl methyl sites for hydroxylation is 1. The Morgan fingerprint density at radius 2 is 1.82 bits per heavy atom. The van der Waals surface area contributed by atoms with Gasteiger partial charge in [0.1, 0.15) is 11.9 Å². The lowest BCUT2D eigenvalue weighted by Gasteiger charge is -2.30. The van der Waals surface area contributed by atoms with Gasteiger partial charge in [0.25, 0.3) is 0 Å². The zero-order chi connectivity index (χ0) is 20.5. The van der Waals surface area contributed by atoms with Crippen LogP contribution in [0, 0.1) is 12.7 Å². The number of amides is 2. The summed E-state index contributed by atoms with van der Waals surface area (Å²) in [6.07, 6.45) is 0.523. The van der Waals surface area contributed by atoms with E-state index in [0.29, 0.717) is 24.3 Å². The highest BCUT2D eigenvalue weighted by atomic mass is 32.2. The summed E-state index contributed by atoms with van der Waals surface area (Å²) in [4.78, 5) is 26.9. The van der Waals surface area contributed by atoms with Crippen LogP contribution < -0.4 is 5.32 Å². The fraction of sp³-hybridized carbons (Fsp3) is 0.364. The number of hydrogen-bond acceptors (Lipinski definition) is 3. The van der Waals surface area contributed by atoms with Gasteiger partial charge in [-0.25, -0.2) is 4.39 Å². The van der Waals surface area contributed by atoms with E-state index in [1.165, 1.54) is 17.8 Å². The van der Waals surface area contributed by atoms with Crippen LogP contribution in [0.2, 0.25) is 0 Å². The summed E-state index contributed by atoms with van der Waals surface area (Å²) in [6, 6.07) is 14.0. The van der Waals surface area contributed by atoms with Gasteiger partial charge in [0, 0.05) is 19.3 Å². The van der Waals surface area contributed by atoms with Gasteiger partial charge in [-0.2, -0.15) is 0 Å². The third-order valence-electron chi connectivity index (χ3n) is 4.55. The van der Waals surface area contributed by atoms with E-state index in [1.807, 2.05) is 38.1 Å². The van der Waals surface area contributed by atoms with Crippen molar-refractivity contribution < 1.29 is 14.0 Å². The molecule has 0 saturated carbocycles. The van der Waals surface area contributed by atoms with E-state index < -0.39 is 6.04 Å². The van der Waals surface area contributed by atoms with E-state index in [-0.39, 0.29) is 23.4 Å². The molecular formula is C22H27FN2O2S. The smallest absolute Gasteiger partial charge is 0.242 e. The van der Waals surface area contributed by atoms with Gasteiger partial charge in [-0.15, -0.1) is 11.8 Å². The number of carbonyl (C=O) groups is 2. The molecule has 0 fully saturated rings. The number of rotatable bonds is 9. The first-order chi connectivity index (χ1) is 13.5. The summed E-state index contributed by atoms with van der Waals surface area (Å²) < 4.78 is 13.8. The maximum absolute atomic E-state index is 13.8. The highest BCUT2D eigenvalue weighted by Gasteiger charge is 2.27. The molecule has 0 aliphatic rings. The van der Waals surface area contributed by atoms with E-state index in [2.05, 4.69) is 5.32 Å². The van der Waals surface area contributed by atoms with Crippen LogP contribution in [0.5, 0.6) is 0 Å². The van der Waals surface area contributed by atoms with Crippen molar-refractivity contribution in [1.29, 1.82) is 0 Å². The normalized spacial score (nSPS) is 11.7. The predicted molar refractivity (Wildman–Crippen MR) is 112 cm³/mol. The Bertz CT molecular complexity index is 795. The van der Waals surface area contributed by atoms with E-state index in [4.69, 9.17) is 0 Å². The van der Waals surface area contributed by atoms with Crippen molar-refractivity contribution in [3.05, 3.63) is 71.0 Å². The molecule has 0 saturated heterocycles. The predicted octanol–water partition coefficient (Wildman–Crippen LogP) is 3.92. The molecule has 6 heteroatoms. The summed E-state index contributed by atoms with van der Waals surface area (Å²) in [6.45, 7) is 4.26. The fourth-order valence-corrected chi connectivity index (χ4v) is 3.82. The molecule has 0 unspecified atom stereocenters. The molecule has 4 nitrogen and oxygen atoms in total. The van der Waals surface area contributed by atoms with Crippen molar-refractivity contribution in [1.82, 2.24) is 10.2 Å². The lowest BCUT2D eigenvalue weighted by atomic mass is 10.1. The highest BCUT2D eigenvalue weighted by molar-refractivity contribution is 7.99. The number of carbonyl (C=O) groups excluding carboxylic acids is 2. The molecule has 2 amide bonds. The van der Waals surface area contributed by atoms with Crippen molar-refractivity contribution in [2.24, 2.45) is 0 Å². The first-order valence-corrected chi connectivity index (χ1v) is 10.5. The van der Waals surface area contributed by atoms with Crippen LogP contribution in [0.15, 0.2) is 48.5 Å². The minimum atomic E-state index is -0.534. The van der Waals surface area contributed by atoms with Crippen LogP contribution in [-0.2, 0) is 21.9 Å². The van der Waals surface area contributed by atoms with Crippen LogP contribution in [-0.4, -0.2) is 35.6 Å². The van der Waals surface area contributed by atoms with Gasteiger partial charge in [0.05, 0.1) is 5.75 Å². The van der Waals surface area contributed by atoms with Gasteiger partial charge < -0.3 is 10.2 Å². The van der Waals surface area contributed by atoms with E-state index in [0.717, 1.165) is 11.1 Å². The standard InChI is InChI=1S/C22H27FN2O2S/c1-4-20(22(27)24-3)25(13-17-11-9-16(2)10-12-17)21(26)15-28-14-18-7-5-6-8-19(18)23/h5-12,20H,4,13-15H2,1-3H3,(H,24,27)/t20-/m0/s1. The number of thioether (sulfide) groups is 1. The van der Waals surface area contributed by atoms with Gasteiger partial charge in [0.2, 0.25) is 11.8 Å². The molecule has 0 heterocycles.